The van der Waals surface area contributed by atoms with Crippen LogP contribution in [0.5, 0.6) is 0 Å². The third-order valence-electron chi connectivity index (χ3n) is 0.598. The molecule has 6 N–H and O–H groups in total. The maximum atomic E-state index is 9.64. The van der Waals surface area contributed by atoms with Gasteiger partial charge in [0.05, 0.1) is 0 Å². The van der Waals surface area contributed by atoms with Crippen LogP contribution in [0.15, 0.2) is 0 Å². The first kappa shape index (κ1) is 13.4. The van der Waals surface area contributed by atoms with Crippen LogP contribution in [0.4, 0.5) is 0 Å². The fourth-order valence-electron chi connectivity index (χ4n) is 0. The summed E-state index contributed by atoms with van der Waals surface area (Å²) in [4.78, 5) is 0. The van der Waals surface area contributed by atoms with Gasteiger partial charge in [-0.25, -0.2) is 0 Å². The zero-order chi connectivity index (χ0) is 9.49. The SMILES string of the molecule is CC(O)S(=O)(=O)O.NCCN. The third kappa shape index (κ3) is 12.9. The van der Waals surface area contributed by atoms with E-state index in [2.05, 4.69) is 0 Å². The summed E-state index contributed by atoms with van der Waals surface area (Å²) in [5.74, 6) is 0. The first-order valence-electron chi connectivity index (χ1n) is 2.90. The molecule has 0 aliphatic heterocycles. The van der Waals surface area contributed by atoms with Crippen LogP contribution in [0.25, 0.3) is 0 Å². The van der Waals surface area contributed by atoms with E-state index in [4.69, 9.17) is 21.1 Å². The van der Waals surface area contributed by atoms with Gasteiger partial charge in [0.25, 0.3) is 10.1 Å². The van der Waals surface area contributed by atoms with Gasteiger partial charge in [0.15, 0.2) is 5.44 Å². The van der Waals surface area contributed by atoms with Gasteiger partial charge in [0, 0.05) is 13.1 Å². The minimum Gasteiger partial charge on any atom is -0.375 e. The number of aliphatic hydroxyl groups excluding tert-OH is 1. The van der Waals surface area contributed by atoms with Crippen molar-refractivity contribution in [3.63, 3.8) is 0 Å². The van der Waals surface area contributed by atoms with Gasteiger partial charge >= 0.3 is 0 Å². The van der Waals surface area contributed by atoms with E-state index in [1.54, 1.807) is 0 Å². The molecule has 0 saturated carbocycles. The van der Waals surface area contributed by atoms with E-state index in [9.17, 15) is 8.42 Å². The molecule has 0 radical (unpaired) electrons. The molecule has 1 unspecified atom stereocenters. The zero-order valence-corrected chi connectivity index (χ0v) is 7.08. The summed E-state index contributed by atoms with van der Waals surface area (Å²) in [6.45, 7) is 2.16. The molecule has 0 spiro atoms. The Bertz CT molecular complexity index is 163. The van der Waals surface area contributed by atoms with E-state index in [0.717, 1.165) is 6.92 Å². The Hall–Kier alpha value is -0.210. The predicted molar refractivity (Wildman–Crippen MR) is 41.3 cm³/mol. The number of nitrogens with two attached hydrogens (primary N) is 2. The molecule has 0 aromatic carbocycles. The quantitative estimate of drug-likeness (QED) is 0.374. The van der Waals surface area contributed by atoms with Crippen LogP contribution < -0.4 is 11.5 Å². The lowest BCUT2D eigenvalue weighted by atomic mass is 10.7. The highest BCUT2D eigenvalue weighted by molar-refractivity contribution is 7.86. The molecule has 0 aromatic rings. The smallest absolute Gasteiger partial charge is 0.291 e. The highest BCUT2D eigenvalue weighted by atomic mass is 32.2. The van der Waals surface area contributed by atoms with Crippen LogP contribution in [0.2, 0.25) is 0 Å². The standard InChI is InChI=1S/C2H8N2.C2H6O4S/c3-1-2-4;1-2(3)7(4,5)6/h1-4H2;2-3H,1H3,(H,4,5,6). The lowest BCUT2D eigenvalue weighted by Crippen LogP contribution is -2.14. The molecule has 0 saturated heterocycles. The van der Waals surface area contributed by atoms with E-state index in [-0.39, 0.29) is 0 Å². The molecule has 0 aliphatic rings. The van der Waals surface area contributed by atoms with Gasteiger partial charge in [0.2, 0.25) is 0 Å². The molecule has 11 heavy (non-hydrogen) atoms. The fourth-order valence-corrected chi connectivity index (χ4v) is 0. The summed E-state index contributed by atoms with van der Waals surface area (Å²) in [7, 11) is -4.19. The van der Waals surface area contributed by atoms with Gasteiger partial charge in [-0.15, -0.1) is 0 Å². The van der Waals surface area contributed by atoms with Crippen molar-refractivity contribution >= 4 is 10.1 Å². The molecule has 0 aromatic heterocycles. The Morgan fingerprint density at radius 3 is 1.55 bits per heavy atom. The van der Waals surface area contributed by atoms with Crippen LogP contribution in [-0.4, -0.2) is 36.6 Å². The van der Waals surface area contributed by atoms with E-state index in [1.807, 2.05) is 0 Å². The Balaban J connectivity index is 0. The minimum absolute atomic E-state index is 0.597. The third-order valence-corrected chi connectivity index (χ3v) is 1.46. The van der Waals surface area contributed by atoms with Gasteiger partial charge in [0.1, 0.15) is 0 Å². The van der Waals surface area contributed by atoms with Crippen molar-refractivity contribution in [2.45, 2.75) is 12.4 Å². The number of rotatable bonds is 2. The zero-order valence-electron chi connectivity index (χ0n) is 6.27. The van der Waals surface area contributed by atoms with Gasteiger partial charge in [-0.1, -0.05) is 0 Å². The van der Waals surface area contributed by atoms with Crippen molar-refractivity contribution in [2.24, 2.45) is 11.5 Å². The highest BCUT2D eigenvalue weighted by Gasteiger charge is 2.10. The van der Waals surface area contributed by atoms with Crippen molar-refractivity contribution in [2.75, 3.05) is 13.1 Å². The van der Waals surface area contributed by atoms with Crippen molar-refractivity contribution in [1.82, 2.24) is 0 Å². The fraction of sp³-hybridized carbons (Fsp3) is 1.00. The van der Waals surface area contributed by atoms with Crippen LogP contribution in [0.1, 0.15) is 6.92 Å². The largest absolute Gasteiger partial charge is 0.375 e. The summed E-state index contributed by atoms with van der Waals surface area (Å²) < 4.78 is 27.1. The van der Waals surface area contributed by atoms with Crippen LogP contribution >= 0.6 is 0 Å². The van der Waals surface area contributed by atoms with Crippen molar-refractivity contribution in [1.29, 1.82) is 0 Å². The van der Waals surface area contributed by atoms with Crippen LogP contribution in [0, 0.1) is 0 Å². The Kier molecular flexibility index (Phi) is 7.91. The lowest BCUT2D eigenvalue weighted by molar-refractivity contribution is 0.252. The van der Waals surface area contributed by atoms with Crippen molar-refractivity contribution in [3.05, 3.63) is 0 Å². The minimum atomic E-state index is -4.19. The highest BCUT2D eigenvalue weighted by Crippen LogP contribution is 1.88. The number of hydrogen-bond acceptors (Lipinski definition) is 5. The van der Waals surface area contributed by atoms with Gasteiger partial charge in [-0.05, 0) is 6.92 Å². The van der Waals surface area contributed by atoms with Crippen LogP contribution in [0.3, 0.4) is 0 Å². The molecule has 6 nitrogen and oxygen atoms in total. The average Bonchev–Trinajstić information content (AvgIpc) is 1.87. The first-order valence-corrected chi connectivity index (χ1v) is 4.41. The molecular weight excluding hydrogens is 172 g/mol. The molecule has 0 fully saturated rings. The second-order valence-electron chi connectivity index (χ2n) is 1.69. The van der Waals surface area contributed by atoms with Gasteiger partial charge in [-0.2, -0.15) is 8.42 Å². The van der Waals surface area contributed by atoms with Crippen molar-refractivity contribution < 1.29 is 18.1 Å². The summed E-state index contributed by atoms with van der Waals surface area (Å²) in [5, 5.41) is 8.05. The lowest BCUT2D eigenvalue weighted by Gasteiger charge is -1.94. The maximum Gasteiger partial charge on any atom is 0.291 e. The second-order valence-corrected chi connectivity index (χ2v) is 3.40. The van der Waals surface area contributed by atoms with Crippen molar-refractivity contribution in [3.8, 4) is 0 Å². The Morgan fingerprint density at radius 2 is 1.55 bits per heavy atom. The number of hydrogen-bond donors (Lipinski definition) is 4. The molecule has 0 amide bonds. The summed E-state index contributed by atoms with van der Waals surface area (Å²) >= 11 is 0. The normalized spacial score (nSPS) is 13.2. The van der Waals surface area contributed by atoms with Crippen LogP contribution in [-0.2, 0) is 10.1 Å². The van der Waals surface area contributed by atoms with Gasteiger partial charge in [-0.3, -0.25) is 4.55 Å². The summed E-state index contributed by atoms with van der Waals surface area (Å²) in [6, 6.07) is 0. The molecule has 0 rings (SSSR count). The molecule has 70 valence electrons. The molecule has 1 atom stereocenters. The summed E-state index contributed by atoms with van der Waals surface area (Å²) in [5.41, 5.74) is 8.13. The first-order chi connectivity index (χ1) is 4.86. The number of aliphatic hydroxyl groups is 1. The molecule has 0 aliphatic carbocycles. The topological polar surface area (TPSA) is 127 Å². The van der Waals surface area contributed by atoms with Gasteiger partial charge < -0.3 is 16.6 Å². The Morgan fingerprint density at radius 1 is 1.36 bits per heavy atom. The predicted octanol–water partition coefficient (Wildman–Crippen LogP) is -1.88. The van der Waals surface area contributed by atoms with E-state index < -0.39 is 15.6 Å². The molecular formula is C4H14N2O4S. The monoisotopic (exact) mass is 186 g/mol. The second kappa shape index (κ2) is 6.50. The molecule has 7 heteroatoms. The Labute approximate surface area is 65.9 Å². The van der Waals surface area contributed by atoms with E-state index in [1.165, 1.54) is 0 Å². The van der Waals surface area contributed by atoms with E-state index in [0.29, 0.717) is 13.1 Å². The average molecular weight is 186 g/mol. The van der Waals surface area contributed by atoms with E-state index >= 15 is 0 Å². The maximum absolute atomic E-state index is 9.64. The molecule has 0 bridgehead atoms. The molecule has 0 heterocycles. The summed E-state index contributed by atoms with van der Waals surface area (Å²) in [6.07, 6.45) is 0.